The Morgan fingerprint density at radius 1 is 1.24 bits per heavy atom. The SMILES string of the molecule is CC1CCCC1CNS(=O)(=O)CC1CCCN1. The van der Waals surface area contributed by atoms with Gasteiger partial charge in [0, 0.05) is 12.6 Å². The van der Waals surface area contributed by atoms with Gasteiger partial charge in [0.25, 0.3) is 0 Å². The zero-order valence-electron chi connectivity index (χ0n) is 10.6. The summed E-state index contributed by atoms with van der Waals surface area (Å²) in [7, 11) is -3.09. The van der Waals surface area contributed by atoms with Crippen LogP contribution in [0.5, 0.6) is 0 Å². The van der Waals surface area contributed by atoms with Crippen molar-refractivity contribution in [3.05, 3.63) is 0 Å². The van der Waals surface area contributed by atoms with Crippen LogP contribution in [0.2, 0.25) is 0 Å². The monoisotopic (exact) mass is 260 g/mol. The Hall–Kier alpha value is -0.130. The van der Waals surface area contributed by atoms with Crippen LogP contribution in [-0.2, 0) is 10.0 Å². The maximum absolute atomic E-state index is 11.9. The van der Waals surface area contributed by atoms with Gasteiger partial charge < -0.3 is 5.32 Å². The predicted molar refractivity (Wildman–Crippen MR) is 69.3 cm³/mol. The first-order valence-electron chi connectivity index (χ1n) is 6.77. The molecule has 1 saturated carbocycles. The van der Waals surface area contributed by atoms with Gasteiger partial charge in [-0.25, -0.2) is 13.1 Å². The zero-order valence-corrected chi connectivity index (χ0v) is 11.4. The molecule has 0 bridgehead atoms. The van der Waals surface area contributed by atoms with E-state index in [1.807, 2.05) is 0 Å². The Morgan fingerprint density at radius 2 is 2.06 bits per heavy atom. The van der Waals surface area contributed by atoms with Gasteiger partial charge in [0.2, 0.25) is 10.0 Å². The summed E-state index contributed by atoms with van der Waals surface area (Å²) in [5.41, 5.74) is 0. The lowest BCUT2D eigenvalue weighted by molar-refractivity contribution is 0.414. The molecule has 1 saturated heterocycles. The summed E-state index contributed by atoms with van der Waals surface area (Å²) < 4.78 is 26.6. The topological polar surface area (TPSA) is 58.2 Å². The third-order valence-electron chi connectivity index (χ3n) is 4.19. The second-order valence-electron chi connectivity index (χ2n) is 5.59. The molecule has 0 amide bonds. The van der Waals surface area contributed by atoms with Gasteiger partial charge in [0.05, 0.1) is 5.75 Å². The van der Waals surface area contributed by atoms with Crippen molar-refractivity contribution in [2.75, 3.05) is 18.8 Å². The summed E-state index contributed by atoms with van der Waals surface area (Å²) in [6.45, 7) is 3.82. The van der Waals surface area contributed by atoms with E-state index in [1.54, 1.807) is 0 Å². The normalized spacial score (nSPS) is 34.3. The van der Waals surface area contributed by atoms with Crippen molar-refractivity contribution in [2.24, 2.45) is 11.8 Å². The number of hydrogen-bond acceptors (Lipinski definition) is 3. The smallest absolute Gasteiger partial charge is 0.213 e. The Bertz CT molecular complexity index is 336. The van der Waals surface area contributed by atoms with Crippen LogP contribution in [-0.4, -0.2) is 33.3 Å². The molecule has 2 aliphatic rings. The van der Waals surface area contributed by atoms with Gasteiger partial charge in [-0.15, -0.1) is 0 Å². The summed E-state index contributed by atoms with van der Waals surface area (Å²) >= 11 is 0. The Labute approximate surface area is 105 Å². The van der Waals surface area contributed by atoms with E-state index in [4.69, 9.17) is 0 Å². The van der Waals surface area contributed by atoms with Crippen LogP contribution in [0.1, 0.15) is 39.0 Å². The molecule has 2 N–H and O–H groups in total. The molecule has 0 aromatic heterocycles. The van der Waals surface area contributed by atoms with Crippen molar-refractivity contribution in [1.29, 1.82) is 0 Å². The lowest BCUT2D eigenvalue weighted by Crippen LogP contribution is -2.38. The highest BCUT2D eigenvalue weighted by molar-refractivity contribution is 7.89. The minimum absolute atomic E-state index is 0.161. The van der Waals surface area contributed by atoms with E-state index in [0.29, 0.717) is 18.4 Å². The average Bonchev–Trinajstić information content (AvgIpc) is 2.87. The third-order valence-corrected chi connectivity index (χ3v) is 5.64. The highest BCUT2D eigenvalue weighted by atomic mass is 32.2. The van der Waals surface area contributed by atoms with E-state index in [-0.39, 0.29) is 11.8 Å². The first kappa shape index (κ1) is 13.3. The van der Waals surface area contributed by atoms with Crippen molar-refractivity contribution in [1.82, 2.24) is 10.0 Å². The molecule has 0 aromatic carbocycles. The van der Waals surface area contributed by atoms with Crippen LogP contribution >= 0.6 is 0 Å². The molecule has 1 heterocycles. The molecule has 0 spiro atoms. The van der Waals surface area contributed by atoms with Gasteiger partial charge in [-0.3, -0.25) is 0 Å². The van der Waals surface area contributed by atoms with E-state index < -0.39 is 10.0 Å². The second-order valence-corrected chi connectivity index (χ2v) is 7.44. The largest absolute Gasteiger partial charge is 0.313 e. The van der Waals surface area contributed by atoms with Crippen molar-refractivity contribution in [2.45, 2.75) is 45.1 Å². The fourth-order valence-electron chi connectivity index (χ4n) is 2.98. The van der Waals surface area contributed by atoms with Crippen molar-refractivity contribution >= 4 is 10.0 Å². The molecule has 17 heavy (non-hydrogen) atoms. The molecule has 2 rings (SSSR count). The summed E-state index contributed by atoms with van der Waals surface area (Å²) in [5, 5.41) is 3.23. The molecule has 0 radical (unpaired) electrons. The van der Waals surface area contributed by atoms with Gasteiger partial charge in [-0.05, 0) is 37.6 Å². The maximum atomic E-state index is 11.9. The van der Waals surface area contributed by atoms with Gasteiger partial charge >= 0.3 is 0 Å². The third kappa shape index (κ3) is 3.93. The standard InChI is InChI=1S/C12H24N2O2S/c1-10-4-2-5-11(10)8-14-17(15,16)9-12-6-3-7-13-12/h10-14H,2-9H2,1H3. The number of nitrogens with one attached hydrogen (secondary N) is 2. The minimum atomic E-state index is -3.09. The summed E-state index contributed by atoms with van der Waals surface area (Å²) in [5.74, 6) is 1.46. The second kappa shape index (κ2) is 5.67. The maximum Gasteiger partial charge on any atom is 0.213 e. The molecular formula is C12H24N2O2S. The first-order valence-corrected chi connectivity index (χ1v) is 8.43. The van der Waals surface area contributed by atoms with Crippen LogP contribution in [0.15, 0.2) is 0 Å². The Kier molecular flexibility index (Phi) is 4.44. The van der Waals surface area contributed by atoms with Crippen molar-refractivity contribution < 1.29 is 8.42 Å². The fourth-order valence-corrected chi connectivity index (χ4v) is 4.38. The highest BCUT2D eigenvalue weighted by Crippen LogP contribution is 2.30. The molecule has 0 aromatic rings. The van der Waals surface area contributed by atoms with Crippen molar-refractivity contribution in [3.63, 3.8) is 0 Å². The van der Waals surface area contributed by atoms with E-state index >= 15 is 0 Å². The van der Waals surface area contributed by atoms with Crippen molar-refractivity contribution in [3.8, 4) is 0 Å². The number of sulfonamides is 1. The van der Waals surface area contributed by atoms with Gasteiger partial charge in [-0.1, -0.05) is 19.8 Å². The van der Waals surface area contributed by atoms with Crippen LogP contribution in [0.3, 0.4) is 0 Å². The molecule has 2 fully saturated rings. The highest BCUT2D eigenvalue weighted by Gasteiger charge is 2.26. The van der Waals surface area contributed by atoms with Gasteiger partial charge in [-0.2, -0.15) is 0 Å². The Morgan fingerprint density at radius 3 is 2.65 bits per heavy atom. The quantitative estimate of drug-likeness (QED) is 0.778. The lowest BCUT2D eigenvalue weighted by atomic mass is 9.99. The molecule has 100 valence electrons. The first-order chi connectivity index (χ1) is 8.07. The van der Waals surface area contributed by atoms with Crippen LogP contribution in [0, 0.1) is 11.8 Å². The molecule has 5 heteroatoms. The molecule has 1 aliphatic carbocycles. The predicted octanol–water partition coefficient (Wildman–Crippen LogP) is 1.09. The Balaban J connectivity index is 1.76. The lowest BCUT2D eigenvalue weighted by Gasteiger charge is -2.17. The minimum Gasteiger partial charge on any atom is -0.313 e. The van der Waals surface area contributed by atoms with Crippen LogP contribution < -0.4 is 10.0 Å². The molecule has 1 aliphatic heterocycles. The average molecular weight is 260 g/mol. The van der Waals surface area contributed by atoms with Crippen LogP contribution in [0.25, 0.3) is 0 Å². The van der Waals surface area contributed by atoms with E-state index in [9.17, 15) is 8.42 Å². The van der Waals surface area contributed by atoms with E-state index in [1.165, 1.54) is 19.3 Å². The van der Waals surface area contributed by atoms with Gasteiger partial charge in [0.15, 0.2) is 0 Å². The summed E-state index contributed by atoms with van der Waals surface area (Å²) in [6.07, 6.45) is 5.75. The fraction of sp³-hybridized carbons (Fsp3) is 1.00. The molecule has 4 nitrogen and oxygen atoms in total. The summed E-state index contributed by atoms with van der Waals surface area (Å²) in [6, 6.07) is 0.161. The number of rotatable bonds is 5. The summed E-state index contributed by atoms with van der Waals surface area (Å²) in [4.78, 5) is 0. The van der Waals surface area contributed by atoms with E-state index in [2.05, 4.69) is 17.0 Å². The molecule has 3 atom stereocenters. The zero-order chi connectivity index (χ0) is 12.3. The molecule has 3 unspecified atom stereocenters. The molecular weight excluding hydrogens is 236 g/mol. The van der Waals surface area contributed by atoms with E-state index in [0.717, 1.165) is 19.4 Å². The number of hydrogen-bond donors (Lipinski definition) is 2. The van der Waals surface area contributed by atoms with Crippen LogP contribution in [0.4, 0.5) is 0 Å². The van der Waals surface area contributed by atoms with Gasteiger partial charge in [0.1, 0.15) is 0 Å².